The van der Waals surface area contributed by atoms with Gasteiger partial charge < -0.3 is 10.1 Å². The quantitative estimate of drug-likeness (QED) is 0.611. The summed E-state index contributed by atoms with van der Waals surface area (Å²) in [5.41, 5.74) is -0.538. The second-order valence-electron chi connectivity index (χ2n) is 4.03. The molecule has 0 spiro atoms. The van der Waals surface area contributed by atoms with Crippen molar-refractivity contribution < 1.29 is 18.4 Å². The summed E-state index contributed by atoms with van der Waals surface area (Å²) in [6.45, 7) is 4.53. The topological polar surface area (TPSA) is 64.4 Å². The zero-order valence-electron chi connectivity index (χ0n) is 10.7. The smallest absolute Gasteiger partial charge is 0.270 e. The highest BCUT2D eigenvalue weighted by molar-refractivity contribution is 5.57. The van der Waals surface area contributed by atoms with Crippen molar-refractivity contribution in [1.82, 2.24) is 0 Å². The van der Waals surface area contributed by atoms with Crippen LogP contribution < -0.4 is 5.32 Å². The van der Waals surface area contributed by atoms with Gasteiger partial charge in [-0.3, -0.25) is 10.1 Å². The van der Waals surface area contributed by atoms with Gasteiger partial charge in [-0.15, -0.1) is 0 Å². The van der Waals surface area contributed by atoms with E-state index in [2.05, 4.69) is 5.32 Å². The third-order valence-electron chi connectivity index (χ3n) is 2.45. The number of rotatable bonds is 7. The Hall–Kier alpha value is -1.76. The number of non-ortho nitro benzene ring substituents is 1. The monoisotopic (exact) mass is 274 g/mol. The number of nitrogens with zero attached hydrogens (tertiary/aromatic N) is 1. The lowest BCUT2D eigenvalue weighted by Crippen LogP contribution is -2.22. The van der Waals surface area contributed by atoms with Gasteiger partial charge >= 0.3 is 0 Å². The summed E-state index contributed by atoms with van der Waals surface area (Å²) in [5.74, 6) is 0. The van der Waals surface area contributed by atoms with Crippen molar-refractivity contribution in [3.8, 4) is 0 Å². The first kappa shape index (κ1) is 15.3. The summed E-state index contributed by atoms with van der Waals surface area (Å²) in [6.07, 6.45) is -2.78. The van der Waals surface area contributed by atoms with Crippen LogP contribution in [0.3, 0.4) is 0 Å². The maximum atomic E-state index is 12.9. The fourth-order valence-corrected chi connectivity index (χ4v) is 1.58. The first-order valence-electron chi connectivity index (χ1n) is 5.86. The maximum Gasteiger partial charge on any atom is 0.270 e. The van der Waals surface area contributed by atoms with Gasteiger partial charge in [0.05, 0.1) is 11.5 Å². The summed E-state index contributed by atoms with van der Waals surface area (Å²) in [7, 11) is 0. The van der Waals surface area contributed by atoms with E-state index in [-0.39, 0.29) is 23.0 Å². The van der Waals surface area contributed by atoms with Crippen LogP contribution in [0.5, 0.6) is 0 Å². The molecular formula is C12H16F2N2O3. The molecular weight excluding hydrogens is 258 g/mol. The van der Waals surface area contributed by atoms with E-state index in [1.807, 2.05) is 6.92 Å². The predicted molar refractivity (Wildman–Crippen MR) is 67.6 cm³/mol. The van der Waals surface area contributed by atoms with Crippen LogP contribution in [-0.2, 0) is 4.74 Å². The molecule has 0 saturated carbocycles. The maximum absolute atomic E-state index is 12.9. The largest absolute Gasteiger partial charge is 0.380 e. The van der Waals surface area contributed by atoms with Crippen LogP contribution in [-0.4, -0.2) is 24.2 Å². The third kappa shape index (κ3) is 4.44. The summed E-state index contributed by atoms with van der Waals surface area (Å²) in [6, 6.07) is 3.21. The number of nitrogens with one attached hydrogen (secondary N) is 1. The van der Waals surface area contributed by atoms with Gasteiger partial charge in [-0.2, -0.15) is 0 Å². The molecule has 7 heteroatoms. The average molecular weight is 274 g/mol. The highest BCUT2D eigenvalue weighted by Crippen LogP contribution is 2.31. The molecule has 19 heavy (non-hydrogen) atoms. The van der Waals surface area contributed by atoms with Crippen molar-refractivity contribution in [1.29, 1.82) is 0 Å². The molecule has 1 unspecified atom stereocenters. The first-order valence-corrected chi connectivity index (χ1v) is 5.86. The van der Waals surface area contributed by atoms with Crippen LogP contribution in [0.2, 0.25) is 0 Å². The summed E-state index contributed by atoms with van der Waals surface area (Å²) < 4.78 is 30.9. The van der Waals surface area contributed by atoms with Crippen molar-refractivity contribution in [2.75, 3.05) is 18.5 Å². The third-order valence-corrected chi connectivity index (χ3v) is 2.45. The number of ether oxygens (including phenoxy) is 1. The van der Waals surface area contributed by atoms with Crippen LogP contribution in [0.1, 0.15) is 25.8 Å². The molecule has 1 aromatic carbocycles. The van der Waals surface area contributed by atoms with Crippen molar-refractivity contribution >= 4 is 11.4 Å². The standard InChI is InChI=1S/C12H16F2N2O3/c1-3-19-7-8(2)15-11-5-4-9(16(17)18)6-10(11)12(13)14/h4-6,8,12,15H,3,7H2,1-2H3. The molecule has 1 rings (SSSR count). The van der Waals surface area contributed by atoms with Gasteiger partial charge in [0.15, 0.2) is 0 Å². The van der Waals surface area contributed by atoms with Gasteiger partial charge in [0.1, 0.15) is 0 Å². The molecule has 0 saturated heterocycles. The lowest BCUT2D eigenvalue weighted by Gasteiger charge is -2.17. The predicted octanol–water partition coefficient (Wildman–Crippen LogP) is 3.37. The Bertz CT molecular complexity index is 441. The molecule has 1 aromatic rings. The minimum absolute atomic E-state index is 0.168. The number of anilines is 1. The van der Waals surface area contributed by atoms with E-state index in [4.69, 9.17) is 4.74 Å². The molecule has 1 N–H and O–H groups in total. The van der Waals surface area contributed by atoms with E-state index in [9.17, 15) is 18.9 Å². The van der Waals surface area contributed by atoms with E-state index in [1.54, 1.807) is 6.92 Å². The van der Waals surface area contributed by atoms with Gasteiger partial charge in [-0.05, 0) is 19.9 Å². The van der Waals surface area contributed by atoms with Gasteiger partial charge in [0.25, 0.3) is 12.1 Å². The van der Waals surface area contributed by atoms with Crippen LogP contribution >= 0.6 is 0 Å². The lowest BCUT2D eigenvalue weighted by atomic mass is 10.1. The zero-order valence-corrected chi connectivity index (χ0v) is 10.7. The fraction of sp³-hybridized carbons (Fsp3) is 0.500. The minimum Gasteiger partial charge on any atom is -0.380 e. The average Bonchev–Trinajstić information content (AvgIpc) is 2.36. The number of halogens is 2. The fourth-order valence-electron chi connectivity index (χ4n) is 1.58. The van der Waals surface area contributed by atoms with Crippen LogP contribution in [0, 0.1) is 10.1 Å². The lowest BCUT2D eigenvalue weighted by molar-refractivity contribution is -0.385. The van der Waals surface area contributed by atoms with E-state index in [0.29, 0.717) is 13.2 Å². The van der Waals surface area contributed by atoms with E-state index < -0.39 is 11.3 Å². The van der Waals surface area contributed by atoms with Gasteiger partial charge in [0.2, 0.25) is 0 Å². The Balaban J connectivity index is 2.90. The number of alkyl halides is 2. The van der Waals surface area contributed by atoms with E-state index >= 15 is 0 Å². The molecule has 0 aliphatic rings. The van der Waals surface area contributed by atoms with Crippen LogP contribution in [0.15, 0.2) is 18.2 Å². The number of benzene rings is 1. The van der Waals surface area contributed by atoms with Crippen LogP contribution in [0.25, 0.3) is 0 Å². The summed E-state index contributed by atoms with van der Waals surface area (Å²) >= 11 is 0. The molecule has 1 atom stereocenters. The summed E-state index contributed by atoms with van der Waals surface area (Å²) in [4.78, 5) is 9.88. The summed E-state index contributed by atoms with van der Waals surface area (Å²) in [5, 5.41) is 13.4. The van der Waals surface area contributed by atoms with Gasteiger partial charge in [-0.25, -0.2) is 8.78 Å². The highest BCUT2D eigenvalue weighted by atomic mass is 19.3. The Morgan fingerprint density at radius 3 is 2.68 bits per heavy atom. The molecule has 106 valence electrons. The minimum atomic E-state index is -2.78. The molecule has 0 radical (unpaired) electrons. The normalized spacial score (nSPS) is 12.5. The SMILES string of the molecule is CCOCC(C)Nc1ccc([N+](=O)[O-])cc1C(F)F. The van der Waals surface area contributed by atoms with Crippen LogP contribution in [0.4, 0.5) is 20.2 Å². The molecule has 0 aliphatic heterocycles. The first-order chi connectivity index (χ1) is 8.95. The van der Waals surface area contributed by atoms with Crippen molar-refractivity contribution in [3.05, 3.63) is 33.9 Å². The van der Waals surface area contributed by atoms with Gasteiger partial charge in [0, 0.05) is 36.0 Å². The number of nitro groups is 1. The number of hydrogen-bond acceptors (Lipinski definition) is 4. The zero-order chi connectivity index (χ0) is 14.4. The molecule has 0 fully saturated rings. The van der Waals surface area contributed by atoms with E-state index in [1.165, 1.54) is 12.1 Å². The number of nitro benzene ring substituents is 1. The molecule has 0 bridgehead atoms. The Labute approximate surface area is 109 Å². The Kier molecular flexibility index (Phi) is 5.62. The van der Waals surface area contributed by atoms with Crippen molar-refractivity contribution in [2.45, 2.75) is 26.3 Å². The molecule has 0 amide bonds. The molecule has 0 aliphatic carbocycles. The molecule has 0 aromatic heterocycles. The van der Waals surface area contributed by atoms with Gasteiger partial charge in [-0.1, -0.05) is 0 Å². The second kappa shape index (κ2) is 6.98. The van der Waals surface area contributed by atoms with Crippen molar-refractivity contribution in [3.63, 3.8) is 0 Å². The Morgan fingerprint density at radius 1 is 1.47 bits per heavy atom. The second-order valence-corrected chi connectivity index (χ2v) is 4.03. The number of hydrogen-bond donors (Lipinski definition) is 1. The van der Waals surface area contributed by atoms with Crippen molar-refractivity contribution in [2.24, 2.45) is 0 Å². The molecule has 0 heterocycles. The highest BCUT2D eigenvalue weighted by Gasteiger charge is 2.18. The van der Waals surface area contributed by atoms with E-state index in [0.717, 1.165) is 6.07 Å². The molecule has 5 nitrogen and oxygen atoms in total. The Morgan fingerprint density at radius 2 is 2.16 bits per heavy atom.